The van der Waals surface area contributed by atoms with E-state index in [1.807, 2.05) is 11.8 Å². The van der Waals surface area contributed by atoms with E-state index in [2.05, 4.69) is 11.8 Å². The van der Waals surface area contributed by atoms with Gasteiger partial charge in [0.05, 0.1) is 0 Å². The maximum atomic E-state index is 12.5. The van der Waals surface area contributed by atoms with Crippen molar-refractivity contribution >= 4 is 17.7 Å². The fourth-order valence-corrected chi connectivity index (χ4v) is 4.05. The third-order valence-electron chi connectivity index (χ3n) is 4.10. The topological polar surface area (TPSA) is 46.3 Å². The van der Waals surface area contributed by atoms with E-state index in [1.54, 1.807) is 0 Å². The summed E-state index contributed by atoms with van der Waals surface area (Å²) in [6.45, 7) is 3.81. The van der Waals surface area contributed by atoms with E-state index >= 15 is 0 Å². The van der Waals surface area contributed by atoms with E-state index in [0.29, 0.717) is 18.5 Å². The molecule has 0 spiro atoms. The van der Waals surface area contributed by atoms with Gasteiger partial charge in [-0.1, -0.05) is 6.92 Å². The molecule has 4 heteroatoms. The van der Waals surface area contributed by atoms with Crippen LogP contribution in [0.25, 0.3) is 0 Å². The van der Waals surface area contributed by atoms with Gasteiger partial charge in [-0.15, -0.1) is 0 Å². The second-order valence-corrected chi connectivity index (χ2v) is 6.66. The summed E-state index contributed by atoms with van der Waals surface area (Å²) in [5.41, 5.74) is 5.83. The number of amides is 1. The molecule has 2 fully saturated rings. The van der Waals surface area contributed by atoms with Crippen LogP contribution >= 0.6 is 11.8 Å². The molecule has 3 nitrogen and oxygen atoms in total. The van der Waals surface area contributed by atoms with Crippen LogP contribution in [0.2, 0.25) is 0 Å². The van der Waals surface area contributed by atoms with Crippen molar-refractivity contribution in [3.05, 3.63) is 0 Å². The minimum atomic E-state index is 0.277. The molecule has 17 heavy (non-hydrogen) atoms. The first-order valence-corrected chi connectivity index (χ1v) is 7.96. The van der Waals surface area contributed by atoms with Gasteiger partial charge >= 0.3 is 0 Å². The predicted molar refractivity (Wildman–Crippen MR) is 73.0 cm³/mol. The quantitative estimate of drug-likeness (QED) is 0.818. The molecule has 1 amide bonds. The Labute approximate surface area is 108 Å². The van der Waals surface area contributed by atoms with Crippen LogP contribution < -0.4 is 5.73 Å². The molecule has 0 bridgehead atoms. The second-order valence-electron chi connectivity index (χ2n) is 5.44. The van der Waals surface area contributed by atoms with Gasteiger partial charge in [0, 0.05) is 25.0 Å². The average Bonchev–Trinajstić information content (AvgIpc) is 2.39. The minimum absolute atomic E-state index is 0.277. The molecule has 2 rings (SSSR count). The lowest BCUT2D eigenvalue weighted by molar-refractivity contribution is -0.140. The Kier molecular flexibility index (Phi) is 4.74. The largest absolute Gasteiger partial charge is 0.338 e. The second kappa shape index (κ2) is 6.10. The molecule has 2 saturated heterocycles. The van der Waals surface area contributed by atoms with Crippen molar-refractivity contribution in [2.45, 2.75) is 38.6 Å². The van der Waals surface area contributed by atoms with Crippen LogP contribution in [-0.4, -0.2) is 41.4 Å². The van der Waals surface area contributed by atoms with Gasteiger partial charge in [-0.05, 0) is 43.1 Å². The summed E-state index contributed by atoms with van der Waals surface area (Å²) in [6.07, 6.45) is 4.35. The van der Waals surface area contributed by atoms with E-state index in [1.165, 1.54) is 0 Å². The van der Waals surface area contributed by atoms with Crippen LogP contribution in [0.15, 0.2) is 0 Å². The van der Waals surface area contributed by atoms with E-state index < -0.39 is 0 Å². The normalized spacial score (nSPS) is 31.5. The first-order chi connectivity index (χ1) is 8.22. The van der Waals surface area contributed by atoms with E-state index in [0.717, 1.165) is 49.7 Å². The molecule has 98 valence electrons. The Balaban J connectivity index is 1.96. The van der Waals surface area contributed by atoms with Gasteiger partial charge in [-0.3, -0.25) is 4.79 Å². The smallest absolute Gasteiger partial charge is 0.226 e. The minimum Gasteiger partial charge on any atom is -0.338 e. The molecule has 2 N–H and O–H groups in total. The lowest BCUT2D eigenvalue weighted by atomic mass is 9.90. The van der Waals surface area contributed by atoms with Crippen molar-refractivity contribution in [1.29, 1.82) is 0 Å². The maximum absolute atomic E-state index is 12.5. The third kappa shape index (κ3) is 3.16. The van der Waals surface area contributed by atoms with E-state index in [-0.39, 0.29) is 5.92 Å². The summed E-state index contributed by atoms with van der Waals surface area (Å²) < 4.78 is 0. The molecule has 0 saturated carbocycles. The highest BCUT2D eigenvalue weighted by Gasteiger charge is 2.33. The Hall–Kier alpha value is -0.220. The molecule has 2 unspecified atom stereocenters. The molecule has 0 aromatic rings. The molecular formula is C13H24N2OS. The molecular weight excluding hydrogens is 232 g/mol. The summed E-state index contributed by atoms with van der Waals surface area (Å²) in [7, 11) is 0. The van der Waals surface area contributed by atoms with Crippen LogP contribution in [0.1, 0.15) is 32.6 Å². The molecule has 0 aliphatic carbocycles. The molecule has 0 aromatic heterocycles. The molecule has 2 heterocycles. The summed E-state index contributed by atoms with van der Waals surface area (Å²) in [4.78, 5) is 14.6. The van der Waals surface area contributed by atoms with Crippen LogP contribution in [0.5, 0.6) is 0 Å². The maximum Gasteiger partial charge on any atom is 0.226 e. The van der Waals surface area contributed by atoms with Crippen molar-refractivity contribution < 1.29 is 4.79 Å². The van der Waals surface area contributed by atoms with Crippen LogP contribution in [0.3, 0.4) is 0 Å². The number of nitrogens with two attached hydrogens (primary N) is 1. The summed E-state index contributed by atoms with van der Waals surface area (Å²) in [5.74, 6) is 3.67. The average molecular weight is 256 g/mol. The fourth-order valence-electron chi connectivity index (χ4n) is 2.94. The van der Waals surface area contributed by atoms with E-state index in [4.69, 9.17) is 5.73 Å². The summed E-state index contributed by atoms with van der Waals surface area (Å²) >= 11 is 1.97. The van der Waals surface area contributed by atoms with Crippen LogP contribution in [0.4, 0.5) is 0 Å². The zero-order chi connectivity index (χ0) is 12.3. The Morgan fingerprint density at radius 1 is 1.35 bits per heavy atom. The number of nitrogens with zero attached hydrogens (tertiary/aromatic N) is 1. The highest BCUT2D eigenvalue weighted by Crippen LogP contribution is 2.28. The standard InChI is InChI=1S/C13H24N2OS/c1-10-2-5-15(12(8-10)9-14)13(16)11-3-6-17-7-4-11/h10-12H,2-9,14H2,1H3. The monoisotopic (exact) mass is 256 g/mol. The van der Waals surface area contributed by atoms with Gasteiger partial charge in [-0.2, -0.15) is 11.8 Å². The van der Waals surface area contributed by atoms with Crippen molar-refractivity contribution in [3.63, 3.8) is 0 Å². The number of carbonyl (C=O) groups excluding carboxylic acids is 1. The van der Waals surface area contributed by atoms with Crippen LogP contribution in [0, 0.1) is 11.8 Å². The van der Waals surface area contributed by atoms with Crippen molar-refractivity contribution in [2.24, 2.45) is 17.6 Å². The Morgan fingerprint density at radius 3 is 2.71 bits per heavy atom. The lowest BCUT2D eigenvalue weighted by Crippen LogP contribution is -2.51. The SMILES string of the molecule is CC1CCN(C(=O)C2CCSCC2)C(CN)C1. The van der Waals surface area contributed by atoms with Gasteiger partial charge in [0.1, 0.15) is 0 Å². The lowest BCUT2D eigenvalue weighted by Gasteiger charge is -2.40. The van der Waals surface area contributed by atoms with Gasteiger partial charge in [0.2, 0.25) is 5.91 Å². The highest BCUT2D eigenvalue weighted by atomic mass is 32.2. The van der Waals surface area contributed by atoms with Crippen molar-refractivity contribution in [3.8, 4) is 0 Å². The molecule has 0 radical (unpaired) electrons. The van der Waals surface area contributed by atoms with Gasteiger partial charge in [0.25, 0.3) is 0 Å². The van der Waals surface area contributed by atoms with Crippen LogP contribution in [-0.2, 0) is 4.79 Å². The first-order valence-electron chi connectivity index (χ1n) is 6.80. The number of hydrogen-bond acceptors (Lipinski definition) is 3. The third-order valence-corrected chi connectivity index (χ3v) is 5.15. The van der Waals surface area contributed by atoms with Gasteiger partial charge < -0.3 is 10.6 Å². The first kappa shape index (κ1) is 13.2. The molecule has 2 aliphatic heterocycles. The number of piperidine rings is 1. The van der Waals surface area contributed by atoms with Gasteiger partial charge in [-0.25, -0.2) is 0 Å². The molecule has 2 aliphatic rings. The number of thioether (sulfide) groups is 1. The van der Waals surface area contributed by atoms with Gasteiger partial charge in [0.15, 0.2) is 0 Å². The number of rotatable bonds is 2. The fraction of sp³-hybridized carbons (Fsp3) is 0.923. The number of likely N-dealkylation sites (tertiary alicyclic amines) is 1. The predicted octanol–water partition coefficient (Wildman–Crippen LogP) is 1.72. The highest BCUT2D eigenvalue weighted by molar-refractivity contribution is 7.99. The summed E-state index contributed by atoms with van der Waals surface area (Å²) in [5, 5.41) is 0. The zero-order valence-corrected chi connectivity index (χ0v) is 11.5. The van der Waals surface area contributed by atoms with E-state index in [9.17, 15) is 4.79 Å². The zero-order valence-electron chi connectivity index (χ0n) is 10.7. The number of hydrogen-bond donors (Lipinski definition) is 1. The molecule has 2 atom stereocenters. The Morgan fingerprint density at radius 2 is 2.06 bits per heavy atom. The number of carbonyl (C=O) groups is 1. The molecule has 0 aromatic carbocycles. The van der Waals surface area contributed by atoms with Crippen molar-refractivity contribution in [1.82, 2.24) is 4.90 Å². The van der Waals surface area contributed by atoms with Crippen molar-refractivity contribution in [2.75, 3.05) is 24.6 Å². The summed E-state index contributed by atoms with van der Waals surface area (Å²) in [6, 6.07) is 0.292. The Bertz CT molecular complexity index is 266.